The molecule has 3 atom stereocenters. The molecule has 0 spiro atoms. The van der Waals surface area contributed by atoms with E-state index in [0.717, 1.165) is 5.56 Å². The van der Waals surface area contributed by atoms with Gasteiger partial charge in [-0.25, -0.2) is 0 Å². The number of carbonyl (C=O) groups is 1. The number of amides is 1. The van der Waals surface area contributed by atoms with Gasteiger partial charge in [-0.05, 0) is 56.4 Å². The summed E-state index contributed by atoms with van der Waals surface area (Å²) in [4.78, 5) is 13.2. The Labute approximate surface area is 173 Å². The van der Waals surface area contributed by atoms with Crippen molar-refractivity contribution in [3.63, 3.8) is 0 Å². The van der Waals surface area contributed by atoms with E-state index in [4.69, 9.17) is 33.3 Å². The third-order valence-electron chi connectivity index (χ3n) is 4.93. The van der Waals surface area contributed by atoms with Gasteiger partial charge in [0.15, 0.2) is 22.3 Å². The number of rotatable bonds is 4. The summed E-state index contributed by atoms with van der Waals surface area (Å²) in [5, 5.41) is 10.3. The number of hydrogen-bond acceptors (Lipinski definition) is 4. The van der Waals surface area contributed by atoms with E-state index in [1.807, 2.05) is 32.0 Å². The summed E-state index contributed by atoms with van der Waals surface area (Å²) in [7, 11) is 0. The van der Waals surface area contributed by atoms with Gasteiger partial charge in [-0.3, -0.25) is 4.79 Å². The molecule has 2 heterocycles. The van der Waals surface area contributed by atoms with Crippen LogP contribution in [0.3, 0.4) is 0 Å². The normalized spacial score (nSPS) is 24.9. The topological polar surface area (TPSA) is 71.6 Å². The summed E-state index contributed by atoms with van der Waals surface area (Å²) >= 11 is 11.3. The molecule has 1 amide bonds. The third kappa shape index (κ3) is 3.25. The maximum absolute atomic E-state index is 13.2. The molecule has 0 radical (unpaired) electrons. The lowest BCUT2D eigenvalue weighted by Gasteiger charge is -2.50. The van der Waals surface area contributed by atoms with Crippen molar-refractivity contribution >= 4 is 40.5 Å². The van der Waals surface area contributed by atoms with Crippen LogP contribution in [0.5, 0.6) is 11.5 Å². The number of hydrogen-bond donors (Lipinski definition) is 3. The standard InChI is InChI=1S/C20H20ClN3O3S/c1-3-26-14-6-4-5-13-16-15(18(25)22-12-9-7-11(21)8-10-12)20(2,27-17(13)14)24-19(28)23-16/h4-10,15-16H,3H2,1-2H3,(H,22,25)(H2,23,24,28)/t15-,16-,20-/m1/s1. The predicted octanol–water partition coefficient (Wildman–Crippen LogP) is 3.62. The van der Waals surface area contributed by atoms with Crippen LogP contribution >= 0.6 is 23.8 Å². The van der Waals surface area contributed by atoms with Crippen molar-refractivity contribution in [1.29, 1.82) is 0 Å². The Morgan fingerprint density at radius 2 is 2.07 bits per heavy atom. The lowest BCUT2D eigenvalue weighted by Crippen LogP contribution is -2.70. The second-order valence-electron chi connectivity index (χ2n) is 6.87. The van der Waals surface area contributed by atoms with Crippen LogP contribution in [0.2, 0.25) is 5.02 Å². The highest BCUT2D eigenvalue weighted by molar-refractivity contribution is 7.80. The van der Waals surface area contributed by atoms with Crippen molar-refractivity contribution in [3.8, 4) is 11.5 Å². The molecule has 2 aromatic carbocycles. The second kappa shape index (κ2) is 7.14. The molecule has 3 N–H and O–H groups in total. The molecule has 146 valence electrons. The van der Waals surface area contributed by atoms with E-state index in [-0.39, 0.29) is 11.9 Å². The summed E-state index contributed by atoms with van der Waals surface area (Å²) in [6.45, 7) is 4.25. The van der Waals surface area contributed by atoms with E-state index in [1.54, 1.807) is 24.3 Å². The van der Waals surface area contributed by atoms with Crippen LogP contribution in [0.1, 0.15) is 25.5 Å². The number of anilines is 1. The third-order valence-corrected chi connectivity index (χ3v) is 5.40. The second-order valence-corrected chi connectivity index (χ2v) is 7.71. The molecule has 2 aliphatic rings. The minimum atomic E-state index is -1.02. The monoisotopic (exact) mass is 417 g/mol. The minimum absolute atomic E-state index is 0.190. The van der Waals surface area contributed by atoms with E-state index in [9.17, 15) is 4.79 Å². The molecule has 8 heteroatoms. The average Bonchev–Trinajstić information content (AvgIpc) is 2.63. The Hall–Kier alpha value is -2.51. The van der Waals surface area contributed by atoms with Crippen LogP contribution in [0.4, 0.5) is 5.69 Å². The van der Waals surface area contributed by atoms with Crippen molar-refractivity contribution in [3.05, 3.63) is 53.1 Å². The van der Waals surface area contributed by atoms with Crippen LogP contribution in [-0.2, 0) is 4.79 Å². The number of benzene rings is 2. The van der Waals surface area contributed by atoms with Crippen molar-refractivity contribution in [1.82, 2.24) is 10.6 Å². The van der Waals surface area contributed by atoms with E-state index in [0.29, 0.717) is 33.9 Å². The minimum Gasteiger partial charge on any atom is -0.490 e. The van der Waals surface area contributed by atoms with Gasteiger partial charge in [-0.2, -0.15) is 0 Å². The molecule has 28 heavy (non-hydrogen) atoms. The quantitative estimate of drug-likeness (QED) is 0.660. The molecule has 0 aromatic heterocycles. The molecule has 0 unspecified atom stereocenters. The van der Waals surface area contributed by atoms with Crippen LogP contribution in [0, 0.1) is 5.92 Å². The first-order valence-electron chi connectivity index (χ1n) is 9.01. The first-order chi connectivity index (χ1) is 13.4. The SMILES string of the molecule is CCOc1cccc2c1O[C@@]1(C)NC(=S)N[C@H]2[C@@H]1C(=O)Nc1ccc(Cl)cc1. The van der Waals surface area contributed by atoms with E-state index in [1.165, 1.54) is 0 Å². The van der Waals surface area contributed by atoms with Crippen molar-refractivity contribution < 1.29 is 14.3 Å². The zero-order chi connectivity index (χ0) is 19.9. The number of ether oxygens (including phenoxy) is 2. The molecular weight excluding hydrogens is 398 g/mol. The molecule has 2 aromatic rings. The molecule has 0 saturated carbocycles. The first-order valence-corrected chi connectivity index (χ1v) is 9.80. The molecule has 2 aliphatic heterocycles. The fourth-order valence-corrected chi connectivity index (χ4v) is 4.21. The summed E-state index contributed by atoms with van der Waals surface area (Å²) in [6, 6.07) is 12.3. The summed E-state index contributed by atoms with van der Waals surface area (Å²) in [5.41, 5.74) is 0.472. The Bertz CT molecular complexity index is 937. The number of fused-ring (bicyclic) bond motifs is 4. The van der Waals surface area contributed by atoms with Gasteiger partial charge in [-0.15, -0.1) is 0 Å². The van der Waals surface area contributed by atoms with Gasteiger partial charge in [0.1, 0.15) is 5.92 Å². The zero-order valence-corrected chi connectivity index (χ0v) is 17.0. The highest BCUT2D eigenvalue weighted by Gasteiger charge is 2.55. The van der Waals surface area contributed by atoms with Crippen molar-refractivity contribution in [2.45, 2.75) is 25.6 Å². The maximum atomic E-state index is 13.2. The van der Waals surface area contributed by atoms with Gasteiger partial charge in [0, 0.05) is 16.3 Å². The number of thiocarbonyl (C=S) groups is 1. The van der Waals surface area contributed by atoms with Gasteiger partial charge < -0.3 is 25.4 Å². The fraction of sp³-hybridized carbons (Fsp3) is 0.300. The van der Waals surface area contributed by atoms with Gasteiger partial charge in [0.05, 0.1) is 12.6 Å². The maximum Gasteiger partial charge on any atom is 0.236 e. The number of halogens is 1. The first kappa shape index (κ1) is 18.8. The van der Waals surface area contributed by atoms with Crippen molar-refractivity contribution in [2.24, 2.45) is 5.92 Å². The molecular formula is C20H20ClN3O3S. The number of carbonyl (C=O) groups excluding carboxylic acids is 1. The summed E-state index contributed by atoms with van der Waals surface area (Å²) < 4.78 is 12.0. The van der Waals surface area contributed by atoms with E-state index < -0.39 is 11.6 Å². The Kier molecular flexibility index (Phi) is 4.81. The number of nitrogens with one attached hydrogen (secondary N) is 3. The molecule has 4 rings (SSSR count). The van der Waals surface area contributed by atoms with Gasteiger partial charge in [-0.1, -0.05) is 23.7 Å². The Morgan fingerprint density at radius 1 is 1.32 bits per heavy atom. The zero-order valence-electron chi connectivity index (χ0n) is 15.4. The highest BCUT2D eigenvalue weighted by Crippen LogP contribution is 2.48. The molecule has 0 aliphatic carbocycles. The molecule has 6 nitrogen and oxygen atoms in total. The smallest absolute Gasteiger partial charge is 0.236 e. The summed E-state index contributed by atoms with van der Waals surface area (Å²) in [6.07, 6.45) is 0. The Morgan fingerprint density at radius 3 is 2.79 bits per heavy atom. The van der Waals surface area contributed by atoms with E-state index >= 15 is 0 Å². The molecule has 1 saturated heterocycles. The van der Waals surface area contributed by atoms with E-state index in [2.05, 4.69) is 16.0 Å². The molecule has 1 fully saturated rings. The summed E-state index contributed by atoms with van der Waals surface area (Å²) in [5.74, 6) is 0.503. The van der Waals surface area contributed by atoms with Crippen LogP contribution in [-0.4, -0.2) is 23.4 Å². The lowest BCUT2D eigenvalue weighted by atomic mass is 9.79. The largest absolute Gasteiger partial charge is 0.490 e. The number of para-hydroxylation sites is 1. The van der Waals surface area contributed by atoms with Crippen LogP contribution in [0.15, 0.2) is 42.5 Å². The molecule has 2 bridgehead atoms. The van der Waals surface area contributed by atoms with Crippen LogP contribution < -0.4 is 25.4 Å². The van der Waals surface area contributed by atoms with Gasteiger partial charge in [0.25, 0.3) is 0 Å². The highest BCUT2D eigenvalue weighted by atomic mass is 35.5. The Balaban J connectivity index is 1.72. The van der Waals surface area contributed by atoms with Gasteiger partial charge >= 0.3 is 0 Å². The average molecular weight is 418 g/mol. The van der Waals surface area contributed by atoms with Gasteiger partial charge in [0.2, 0.25) is 5.91 Å². The van der Waals surface area contributed by atoms with Crippen molar-refractivity contribution in [2.75, 3.05) is 11.9 Å². The predicted molar refractivity (Wildman–Crippen MR) is 112 cm³/mol. The fourth-order valence-electron chi connectivity index (χ4n) is 3.75. The lowest BCUT2D eigenvalue weighted by molar-refractivity contribution is -0.132. The van der Waals surface area contributed by atoms with Crippen LogP contribution in [0.25, 0.3) is 0 Å².